The number of phenols is 1. The first kappa shape index (κ1) is 31.8. The zero-order valence-corrected chi connectivity index (χ0v) is 22.9. The topological polar surface area (TPSA) is 116 Å². The first-order valence-electron chi connectivity index (χ1n) is 10.5. The van der Waals surface area contributed by atoms with E-state index < -0.39 is 15.9 Å². The Kier molecular flexibility index (Phi) is 13.0. The van der Waals surface area contributed by atoms with Gasteiger partial charge in [-0.15, -0.1) is 0 Å². The van der Waals surface area contributed by atoms with Gasteiger partial charge < -0.3 is 19.3 Å². The molecule has 0 spiro atoms. The summed E-state index contributed by atoms with van der Waals surface area (Å²) in [5.41, 5.74) is 1.16. The molecule has 1 N–H and O–H groups in total. The highest BCUT2D eigenvalue weighted by Crippen LogP contribution is 2.27. The molecular formula is C26H33BrO8. The van der Waals surface area contributed by atoms with Gasteiger partial charge in [0.15, 0.2) is 18.2 Å². The molecule has 0 aliphatic rings. The molecule has 2 aromatic rings. The summed E-state index contributed by atoms with van der Waals surface area (Å²) in [6.07, 6.45) is 1.35. The number of rotatable bonds is 6. The fraction of sp³-hybridized carbons (Fsp3) is 0.385. The molecule has 9 heteroatoms. The number of hydrogen-bond donors (Lipinski definition) is 1. The Balaban J connectivity index is 0.000000545. The smallest absolute Gasteiger partial charge is 0.349 e. The second-order valence-corrected chi connectivity index (χ2v) is 10.3. The lowest BCUT2D eigenvalue weighted by Gasteiger charge is -2.25. The lowest BCUT2D eigenvalue weighted by molar-refractivity contribution is -0.156. The third kappa shape index (κ3) is 10.3. The van der Waals surface area contributed by atoms with Crippen LogP contribution >= 0.6 is 15.9 Å². The van der Waals surface area contributed by atoms with Gasteiger partial charge in [0, 0.05) is 0 Å². The van der Waals surface area contributed by atoms with Crippen LogP contribution in [0.25, 0.3) is 0 Å². The molecule has 0 heterocycles. The number of hydrogen-bond acceptors (Lipinski definition) is 8. The van der Waals surface area contributed by atoms with Crippen LogP contribution < -0.4 is 4.74 Å². The van der Waals surface area contributed by atoms with Crippen LogP contribution in [0.1, 0.15) is 59.5 Å². The monoisotopic (exact) mass is 552 g/mol. The normalized spacial score (nSPS) is 10.4. The number of ether oxygens (including phenoxy) is 3. The second-order valence-electron chi connectivity index (χ2n) is 8.31. The number of benzene rings is 2. The highest BCUT2D eigenvalue weighted by Gasteiger charge is 2.32. The fourth-order valence-corrected chi connectivity index (χ4v) is 2.63. The van der Waals surface area contributed by atoms with Gasteiger partial charge in [-0.25, -0.2) is 4.79 Å². The van der Waals surface area contributed by atoms with E-state index in [4.69, 9.17) is 9.84 Å². The molecule has 0 fully saturated rings. The molecular weight excluding hydrogens is 520 g/mol. The number of methoxy groups -OCH3 is 2. The summed E-state index contributed by atoms with van der Waals surface area (Å²) in [5, 5.41) is 9.17. The fourth-order valence-electron chi connectivity index (χ4n) is 2.47. The lowest BCUT2D eigenvalue weighted by atomic mass is 10.1. The first-order valence-corrected chi connectivity index (χ1v) is 11.3. The number of aryl methyl sites for hydroxylation is 2. The molecule has 192 valence electrons. The van der Waals surface area contributed by atoms with Crippen LogP contribution in [0.2, 0.25) is 0 Å². The maximum Gasteiger partial charge on any atom is 0.349 e. The van der Waals surface area contributed by atoms with Gasteiger partial charge in [0.2, 0.25) is 0 Å². The summed E-state index contributed by atoms with van der Waals surface area (Å²) in [6.45, 7) is 10.2. The molecule has 2 rings (SSSR count). The van der Waals surface area contributed by atoms with Crippen LogP contribution in [0.5, 0.6) is 11.5 Å². The van der Waals surface area contributed by atoms with Gasteiger partial charge in [-0.05, 0) is 64.8 Å². The maximum absolute atomic E-state index is 11.5. The molecule has 0 radical (unpaired) electrons. The zero-order chi connectivity index (χ0) is 27.4. The van der Waals surface area contributed by atoms with E-state index in [9.17, 15) is 19.2 Å². The average molecular weight is 553 g/mol. The van der Waals surface area contributed by atoms with Crippen molar-refractivity contribution in [3.8, 4) is 11.5 Å². The second kappa shape index (κ2) is 14.3. The maximum atomic E-state index is 11.5. The Bertz CT molecular complexity index is 1020. The number of alkyl halides is 1. The van der Waals surface area contributed by atoms with E-state index >= 15 is 0 Å². The van der Waals surface area contributed by atoms with Gasteiger partial charge in [0.25, 0.3) is 0 Å². The quantitative estimate of drug-likeness (QED) is 0.303. The minimum absolute atomic E-state index is 0.0810. The summed E-state index contributed by atoms with van der Waals surface area (Å²) < 4.78 is 14.1. The summed E-state index contributed by atoms with van der Waals surface area (Å²) in [7, 11) is 2.66. The number of carbonyl (C=O) groups excluding carboxylic acids is 4. The van der Waals surface area contributed by atoms with E-state index in [0.29, 0.717) is 29.4 Å². The average Bonchev–Trinajstić information content (AvgIpc) is 2.81. The zero-order valence-electron chi connectivity index (χ0n) is 21.3. The number of halogens is 1. The van der Waals surface area contributed by atoms with Gasteiger partial charge >= 0.3 is 11.9 Å². The van der Waals surface area contributed by atoms with E-state index in [1.807, 2.05) is 13.0 Å². The summed E-state index contributed by atoms with van der Waals surface area (Å²) in [4.78, 5) is 43.2. The van der Waals surface area contributed by atoms with Gasteiger partial charge in [0.1, 0.15) is 15.8 Å². The van der Waals surface area contributed by atoms with Crippen molar-refractivity contribution in [3.63, 3.8) is 0 Å². The molecule has 0 saturated heterocycles. The van der Waals surface area contributed by atoms with Crippen LogP contribution in [-0.4, -0.2) is 53.8 Å². The minimum atomic E-state index is -1.13. The Morgan fingerprint density at radius 1 is 0.829 bits per heavy atom. The van der Waals surface area contributed by atoms with Crippen LogP contribution in [0.4, 0.5) is 0 Å². The van der Waals surface area contributed by atoms with Crippen LogP contribution in [0, 0.1) is 13.8 Å². The highest BCUT2D eigenvalue weighted by molar-refractivity contribution is 9.10. The molecule has 0 unspecified atom stereocenters. The standard InChI is InChI=1S/C13H16O4.C8H8O2.C5H9BrO2/c1-9-6-5-7-10(8-14)11(9)17-13(2,3)12(15)16-4;1-6-3-2-4-7(5-9)8(6)10;1-5(2,6)4(7)8-3/h5-8H,1-4H3;2-5,10H,1H3;1-3H3. The molecule has 0 amide bonds. The van der Waals surface area contributed by atoms with Crippen LogP contribution in [-0.2, 0) is 19.1 Å². The molecule has 8 nitrogen and oxygen atoms in total. The third-order valence-corrected chi connectivity index (χ3v) is 4.79. The molecule has 0 aliphatic heterocycles. The molecule has 0 saturated carbocycles. The molecule has 0 aliphatic carbocycles. The lowest BCUT2D eigenvalue weighted by Crippen LogP contribution is -2.39. The van der Waals surface area contributed by atoms with E-state index in [-0.39, 0.29) is 11.7 Å². The van der Waals surface area contributed by atoms with Crippen LogP contribution in [0.3, 0.4) is 0 Å². The highest BCUT2D eigenvalue weighted by atomic mass is 79.9. The Morgan fingerprint density at radius 2 is 1.29 bits per heavy atom. The van der Waals surface area contributed by atoms with Crippen molar-refractivity contribution in [2.24, 2.45) is 0 Å². The van der Waals surface area contributed by atoms with Gasteiger partial charge in [0.05, 0.1) is 25.3 Å². The SMILES string of the molecule is COC(=O)C(C)(C)Br.COC(=O)C(C)(C)Oc1c(C)cccc1C=O.Cc1cccc(C=O)c1O. The Labute approximate surface area is 214 Å². The largest absolute Gasteiger partial charge is 0.507 e. The first-order chi connectivity index (χ1) is 16.2. The van der Waals surface area contributed by atoms with Gasteiger partial charge in [-0.1, -0.05) is 40.2 Å². The van der Waals surface area contributed by atoms with Crippen molar-refractivity contribution in [2.75, 3.05) is 14.2 Å². The predicted octanol–water partition coefficient (Wildman–Crippen LogP) is 4.98. The Hall–Kier alpha value is -3.20. The van der Waals surface area contributed by atoms with Crippen LogP contribution in [0.15, 0.2) is 36.4 Å². The number of phenolic OH excluding ortho intramolecular Hbond substituents is 1. The third-order valence-electron chi connectivity index (χ3n) is 4.47. The molecule has 0 bridgehead atoms. The van der Waals surface area contributed by atoms with Crippen molar-refractivity contribution in [2.45, 2.75) is 51.5 Å². The van der Waals surface area contributed by atoms with Crippen molar-refractivity contribution >= 4 is 40.4 Å². The number of para-hydroxylation sites is 2. The van der Waals surface area contributed by atoms with Crippen molar-refractivity contribution in [1.29, 1.82) is 0 Å². The minimum Gasteiger partial charge on any atom is -0.507 e. The summed E-state index contributed by atoms with van der Waals surface area (Å²) in [5.74, 6) is -0.245. The Morgan fingerprint density at radius 3 is 1.66 bits per heavy atom. The van der Waals surface area contributed by atoms with Crippen molar-refractivity contribution in [1.82, 2.24) is 0 Å². The van der Waals surface area contributed by atoms with Crippen molar-refractivity contribution in [3.05, 3.63) is 58.7 Å². The molecule has 35 heavy (non-hydrogen) atoms. The number of esters is 2. The van der Waals surface area contributed by atoms with Crippen molar-refractivity contribution < 1.29 is 38.5 Å². The van der Waals surface area contributed by atoms with E-state index in [1.54, 1.807) is 65.0 Å². The molecule has 0 atom stereocenters. The summed E-state index contributed by atoms with van der Waals surface area (Å²) >= 11 is 3.13. The van der Waals surface area contributed by atoms with E-state index in [0.717, 1.165) is 11.1 Å². The van der Waals surface area contributed by atoms with Gasteiger partial charge in [-0.2, -0.15) is 0 Å². The molecule has 0 aromatic heterocycles. The summed E-state index contributed by atoms with van der Waals surface area (Å²) in [6, 6.07) is 10.3. The van der Waals surface area contributed by atoms with E-state index in [2.05, 4.69) is 25.4 Å². The van der Waals surface area contributed by atoms with E-state index in [1.165, 1.54) is 14.2 Å². The van der Waals surface area contributed by atoms with Gasteiger partial charge in [-0.3, -0.25) is 14.4 Å². The number of aromatic hydroxyl groups is 1. The number of carbonyl (C=O) groups is 4. The molecule has 2 aromatic carbocycles. The number of aldehydes is 2. The predicted molar refractivity (Wildman–Crippen MR) is 137 cm³/mol.